The van der Waals surface area contributed by atoms with E-state index in [1.807, 2.05) is 31.2 Å². The number of halogens is 3. The van der Waals surface area contributed by atoms with Gasteiger partial charge in [-0.3, -0.25) is 13.9 Å². The molecular weight excluding hydrogens is 477 g/mol. The lowest BCUT2D eigenvalue weighted by atomic mass is 10.1. The topological polar surface area (TPSA) is 91.3 Å². The normalized spacial score (nSPS) is 11.8. The lowest BCUT2D eigenvalue weighted by Gasteiger charge is -2.12. The second-order valence-electron chi connectivity index (χ2n) is 8.52. The van der Waals surface area contributed by atoms with Crippen LogP contribution in [0.2, 0.25) is 0 Å². The fraction of sp³-hybridized carbons (Fsp3) is 0.320. The van der Waals surface area contributed by atoms with Crippen LogP contribution in [0.3, 0.4) is 0 Å². The van der Waals surface area contributed by atoms with Crippen molar-refractivity contribution in [3.8, 4) is 5.75 Å². The summed E-state index contributed by atoms with van der Waals surface area (Å²) in [5.41, 5.74) is 1.70. The number of hydrogen-bond donors (Lipinski definition) is 1. The summed E-state index contributed by atoms with van der Waals surface area (Å²) in [6.07, 6.45) is -4.50. The van der Waals surface area contributed by atoms with Crippen LogP contribution in [-0.2, 0) is 26.6 Å². The van der Waals surface area contributed by atoms with Crippen molar-refractivity contribution >= 4 is 11.2 Å². The average molecular weight is 502 g/mol. The number of alkyl halides is 3. The van der Waals surface area contributed by atoms with Crippen LogP contribution >= 0.6 is 0 Å². The summed E-state index contributed by atoms with van der Waals surface area (Å²) in [4.78, 5) is 30.8. The molecule has 0 amide bonds. The third kappa shape index (κ3) is 5.35. The molecule has 1 N–H and O–H groups in total. The van der Waals surface area contributed by atoms with Gasteiger partial charge in [-0.05, 0) is 36.6 Å². The molecule has 11 heteroatoms. The number of aromatic nitrogens is 4. The molecule has 0 saturated heterocycles. The number of aliphatic hydroxyl groups is 1. The van der Waals surface area contributed by atoms with Crippen LogP contribution in [0.4, 0.5) is 13.2 Å². The number of hydrogen-bond acceptors (Lipinski definition) is 5. The van der Waals surface area contributed by atoms with Crippen LogP contribution in [0.25, 0.3) is 11.2 Å². The van der Waals surface area contributed by atoms with Crippen LogP contribution in [0.1, 0.15) is 28.9 Å². The van der Waals surface area contributed by atoms with E-state index in [0.717, 1.165) is 15.7 Å². The van der Waals surface area contributed by atoms with Gasteiger partial charge in [0.1, 0.15) is 11.6 Å². The average Bonchev–Trinajstić information content (AvgIpc) is 3.16. The molecule has 0 fully saturated rings. The molecule has 4 aromatic rings. The predicted octanol–water partition coefficient (Wildman–Crippen LogP) is 3.13. The molecule has 0 radical (unpaired) electrons. The lowest BCUT2D eigenvalue weighted by Crippen LogP contribution is -2.40. The number of imidazole rings is 1. The van der Waals surface area contributed by atoms with E-state index in [1.165, 1.54) is 29.8 Å². The molecule has 2 aromatic heterocycles. The zero-order valence-electron chi connectivity index (χ0n) is 19.7. The van der Waals surface area contributed by atoms with E-state index in [-0.39, 0.29) is 49.5 Å². The molecule has 4 rings (SSSR count). The van der Waals surface area contributed by atoms with Gasteiger partial charge in [0.2, 0.25) is 0 Å². The third-order valence-corrected chi connectivity index (χ3v) is 5.81. The monoisotopic (exact) mass is 502 g/mol. The highest BCUT2D eigenvalue weighted by Gasteiger charge is 2.31. The molecule has 0 aliphatic rings. The first-order valence-corrected chi connectivity index (χ1v) is 11.3. The van der Waals surface area contributed by atoms with Crippen molar-refractivity contribution in [2.45, 2.75) is 39.2 Å². The Bertz CT molecular complexity index is 1500. The van der Waals surface area contributed by atoms with E-state index < -0.39 is 17.6 Å². The first-order chi connectivity index (χ1) is 17.1. The fourth-order valence-corrected chi connectivity index (χ4v) is 4.06. The summed E-state index contributed by atoms with van der Waals surface area (Å²) in [6.45, 7) is 2.07. The summed E-state index contributed by atoms with van der Waals surface area (Å²) in [5.74, 6) is 0.0432. The smallest absolute Gasteiger partial charge is 0.406 e. The molecule has 2 aromatic carbocycles. The van der Waals surface area contributed by atoms with Crippen LogP contribution < -0.4 is 16.0 Å². The van der Waals surface area contributed by atoms with Gasteiger partial charge in [-0.15, -0.1) is 13.2 Å². The summed E-state index contributed by atoms with van der Waals surface area (Å²) in [7, 11) is 1.50. The number of ether oxygens (including phenoxy) is 1. The number of rotatable bonds is 8. The largest absolute Gasteiger partial charge is 0.573 e. The summed E-state index contributed by atoms with van der Waals surface area (Å²) < 4.78 is 46.2. The first kappa shape index (κ1) is 25.2. The van der Waals surface area contributed by atoms with Crippen molar-refractivity contribution in [2.75, 3.05) is 6.61 Å². The Balaban J connectivity index is 1.87. The zero-order chi connectivity index (χ0) is 26.0. The predicted molar refractivity (Wildman–Crippen MR) is 127 cm³/mol. The van der Waals surface area contributed by atoms with Gasteiger partial charge in [-0.1, -0.05) is 42.0 Å². The van der Waals surface area contributed by atoms with Gasteiger partial charge < -0.3 is 14.4 Å². The highest BCUT2D eigenvalue weighted by atomic mass is 19.4. The van der Waals surface area contributed by atoms with Crippen LogP contribution in [0, 0.1) is 6.92 Å². The van der Waals surface area contributed by atoms with Gasteiger partial charge in [0.05, 0.1) is 0 Å². The van der Waals surface area contributed by atoms with Gasteiger partial charge in [-0.25, -0.2) is 9.78 Å². The number of aryl methyl sites for hydroxylation is 2. The van der Waals surface area contributed by atoms with Crippen molar-refractivity contribution in [3.05, 3.63) is 91.9 Å². The van der Waals surface area contributed by atoms with Crippen LogP contribution in [0.15, 0.2) is 58.1 Å². The molecule has 0 aliphatic carbocycles. The minimum absolute atomic E-state index is 0.0415. The third-order valence-electron chi connectivity index (χ3n) is 5.81. The van der Waals surface area contributed by atoms with E-state index >= 15 is 0 Å². The Labute approximate surface area is 203 Å². The second-order valence-corrected chi connectivity index (χ2v) is 8.52. The van der Waals surface area contributed by atoms with Crippen molar-refractivity contribution in [3.63, 3.8) is 0 Å². The molecule has 0 bridgehead atoms. The fourth-order valence-electron chi connectivity index (χ4n) is 4.06. The minimum Gasteiger partial charge on any atom is -0.406 e. The van der Waals surface area contributed by atoms with Gasteiger partial charge in [0.15, 0.2) is 11.2 Å². The quantitative estimate of drug-likeness (QED) is 0.400. The van der Waals surface area contributed by atoms with E-state index in [9.17, 15) is 27.9 Å². The van der Waals surface area contributed by atoms with Gasteiger partial charge in [-0.2, -0.15) is 0 Å². The molecule has 0 spiro atoms. The summed E-state index contributed by atoms with van der Waals surface area (Å²) >= 11 is 0. The maximum absolute atomic E-state index is 13.4. The molecule has 190 valence electrons. The van der Waals surface area contributed by atoms with E-state index in [4.69, 9.17) is 0 Å². The summed E-state index contributed by atoms with van der Waals surface area (Å²) in [6, 6.07) is 13.2. The van der Waals surface area contributed by atoms with Gasteiger partial charge >= 0.3 is 12.1 Å². The van der Waals surface area contributed by atoms with Crippen molar-refractivity contribution in [2.24, 2.45) is 7.05 Å². The SMILES string of the molecule is Cc1ccc(Cn2c(Cc3cccc(OC(F)(F)F)c3)nc3c2c(=O)n(CCCO)c(=O)n3C)cc1. The second kappa shape index (κ2) is 10.0. The molecule has 8 nitrogen and oxygen atoms in total. The molecule has 0 aliphatic heterocycles. The summed E-state index contributed by atoms with van der Waals surface area (Å²) in [5, 5.41) is 9.20. The number of aliphatic hydroxyl groups excluding tert-OH is 1. The Morgan fingerprint density at radius 2 is 1.75 bits per heavy atom. The van der Waals surface area contributed by atoms with E-state index in [0.29, 0.717) is 11.4 Å². The zero-order valence-corrected chi connectivity index (χ0v) is 19.7. The van der Waals surface area contributed by atoms with Crippen LogP contribution in [0.5, 0.6) is 5.75 Å². The minimum atomic E-state index is -4.82. The van der Waals surface area contributed by atoms with Crippen molar-refractivity contribution < 1.29 is 23.0 Å². The lowest BCUT2D eigenvalue weighted by molar-refractivity contribution is -0.274. The molecular formula is C25H25F3N4O4. The van der Waals surface area contributed by atoms with Gasteiger partial charge in [0.25, 0.3) is 5.56 Å². The van der Waals surface area contributed by atoms with Crippen molar-refractivity contribution in [1.29, 1.82) is 0 Å². The standard InChI is InChI=1S/C25H25F3N4O4/c1-16-7-9-17(10-8-16)15-32-20(14-18-5-3-6-19(13-18)36-25(26,27)28)29-22-21(32)23(34)31(11-4-12-33)24(35)30(22)2/h3,5-10,13,33H,4,11-12,14-15H2,1-2H3. The molecule has 0 atom stereocenters. The number of nitrogens with zero attached hydrogens (tertiary/aromatic N) is 4. The Morgan fingerprint density at radius 1 is 1.03 bits per heavy atom. The maximum atomic E-state index is 13.4. The first-order valence-electron chi connectivity index (χ1n) is 11.3. The highest BCUT2D eigenvalue weighted by Crippen LogP contribution is 2.25. The number of fused-ring (bicyclic) bond motifs is 1. The Hall–Kier alpha value is -3.86. The molecule has 36 heavy (non-hydrogen) atoms. The molecule has 0 saturated carbocycles. The number of benzene rings is 2. The van der Waals surface area contributed by atoms with E-state index in [2.05, 4.69) is 9.72 Å². The molecule has 0 unspecified atom stereocenters. The van der Waals surface area contributed by atoms with Crippen LogP contribution in [-0.4, -0.2) is 36.8 Å². The van der Waals surface area contributed by atoms with Gasteiger partial charge in [0, 0.05) is 33.2 Å². The van der Waals surface area contributed by atoms with E-state index in [1.54, 1.807) is 10.6 Å². The maximum Gasteiger partial charge on any atom is 0.573 e. The molecule has 2 heterocycles. The Morgan fingerprint density at radius 3 is 2.42 bits per heavy atom. The Kier molecular flexibility index (Phi) is 7.02. The highest BCUT2D eigenvalue weighted by molar-refractivity contribution is 5.71. The van der Waals surface area contributed by atoms with Crippen molar-refractivity contribution in [1.82, 2.24) is 18.7 Å².